The molecule has 2 heterocycles. The topological polar surface area (TPSA) is 25.1 Å². The zero-order valence-corrected chi connectivity index (χ0v) is 53.1. The minimum Gasteiger partial charge on any atom is -0.356 e. The minimum absolute atomic E-state index is 0.720. The summed E-state index contributed by atoms with van der Waals surface area (Å²) in [5.74, 6) is 0. The van der Waals surface area contributed by atoms with Crippen molar-refractivity contribution in [2.24, 2.45) is 0 Å². The van der Waals surface area contributed by atoms with Gasteiger partial charge in [0.2, 0.25) is 0 Å². The standard InChI is InChI=1S/C42H29ClN2.C36H26N2.C6H4ClI/c43-34-20-26-38(27-21-34)44(36-22-15-31(16-23-36)30-9-3-1-4-10-30)37-24-17-32(18-25-37)33-19-28-42-40(29-33)39-13-7-8-14-41(39)45(42)35-11-5-2-6-12-35;1-3-9-26(10-4-1)27-15-20-30(21-16-27)37-31-22-17-28(18-23-31)29-19-24-36-34(25-29)33-13-7-8-14-35(33)38(36)32-11-5-2-6-12-32;7-5-1-3-6(8)4-2-5/h1-29H;1-25,37H;1-4H. The normalized spacial score (nSPS) is 11.0. The molecule has 1 N–H and O–H groups in total. The van der Waals surface area contributed by atoms with Gasteiger partial charge in [-0.1, -0.05) is 217 Å². The molecule has 16 rings (SSSR count). The Labute approximate surface area is 554 Å². The van der Waals surface area contributed by atoms with Gasteiger partial charge in [0, 0.05) is 75.0 Å². The van der Waals surface area contributed by atoms with Crippen molar-refractivity contribution in [2.45, 2.75) is 0 Å². The fourth-order valence-electron chi connectivity index (χ4n) is 12.0. The molecule has 0 radical (unpaired) electrons. The van der Waals surface area contributed by atoms with Gasteiger partial charge in [0.05, 0.1) is 22.1 Å². The Morgan fingerprint density at radius 2 is 0.538 bits per heavy atom. The zero-order chi connectivity index (χ0) is 61.5. The van der Waals surface area contributed by atoms with E-state index in [1.807, 2.05) is 48.5 Å². The molecule has 16 aromatic rings. The molecule has 14 aromatic carbocycles. The van der Waals surface area contributed by atoms with Gasteiger partial charge in [-0.25, -0.2) is 0 Å². The Hall–Kier alpha value is -10.4. The van der Waals surface area contributed by atoms with Crippen molar-refractivity contribution in [3.05, 3.63) is 365 Å². The Balaban J connectivity index is 0.000000143. The molecular formula is C84H59Cl2IN4. The van der Waals surface area contributed by atoms with Crippen LogP contribution < -0.4 is 10.2 Å². The van der Waals surface area contributed by atoms with Crippen molar-refractivity contribution in [1.29, 1.82) is 0 Å². The molecule has 436 valence electrons. The molecule has 0 atom stereocenters. The van der Waals surface area contributed by atoms with E-state index in [1.165, 1.54) is 103 Å². The second kappa shape index (κ2) is 26.7. The molecule has 0 saturated heterocycles. The molecule has 0 aliphatic carbocycles. The van der Waals surface area contributed by atoms with Crippen molar-refractivity contribution in [1.82, 2.24) is 9.13 Å². The van der Waals surface area contributed by atoms with Crippen LogP contribution in [0.1, 0.15) is 0 Å². The van der Waals surface area contributed by atoms with Gasteiger partial charge in [-0.3, -0.25) is 0 Å². The lowest BCUT2D eigenvalue weighted by molar-refractivity contribution is 1.18. The van der Waals surface area contributed by atoms with Crippen molar-refractivity contribution in [2.75, 3.05) is 10.2 Å². The van der Waals surface area contributed by atoms with E-state index in [9.17, 15) is 0 Å². The van der Waals surface area contributed by atoms with Crippen molar-refractivity contribution in [3.8, 4) is 55.9 Å². The van der Waals surface area contributed by atoms with Crippen LogP contribution in [0, 0.1) is 3.57 Å². The smallest absolute Gasteiger partial charge is 0.0541 e. The third-order valence-corrected chi connectivity index (χ3v) is 17.7. The van der Waals surface area contributed by atoms with Crippen molar-refractivity contribution in [3.63, 3.8) is 0 Å². The average molecular weight is 1320 g/mol. The lowest BCUT2D eigenvalue weighted by Crippen LogP contribution is -2.09. The molecule has 0 aliphatic heterocycles. The van der Waals surface area contributed by atoms with Crippen LogP contribution in [0.2, 0.25) is 10.0 Å². The van der Waals surface area contributed by atoms with Gasteiger partial charge in [0.15, 0.2) is 0 Å². The highest BCUT2D eigenvalue weighted by Crippen LogP contribution is 2.40. The summed E-state index contributed by atoms with van der Waals surface area (Å²) in [7, 11) is 0. The Bertz CT molecular complexity index is 5080. The van der Waals surface area contributed by atoms with Crippen LogP contribution in [0.3, 0.4) is 0 Å². The number of halogens is 3. The summed E-state index contributed by atoms with van der Waals surface area (Å²) in [5, 5.41) is 10.1. The number of fused-ring (bicyclic) bond motifs is 6. The number of anilines is 5. The molecule has 0 fully saturated rings. The third-order valence-electron chi connectivity index (χ3n) is 16.5. The Morgan fingerprint density at radius 1 is 0.253 bits per heavy atom. The van der Waals surface area contributed by atoms with Crippen LogP contribution in [0.5, 0.6) is 0 Å². The maximum absolute atomic E-state index is 6.28. The minimum atomic E-state index is 0.720. The van der Waals surface area contributed by atoms with Gasteiger partial charge in [-0.05, 0) is 225 Å². The average Bonchev–Trinajstić information content (AvgIpc) is 1.63. The second-order valence-electron chi connectivity index (χ2n) is 22.2. The number of rotatable bonds is 11. The van der Waals surface area contributed by atoms with E-state index < -0.39 is 0 Å². The molecule has 0 unspecified atom stereocenters. The van der Waals surface area contributed by atoms with E-state index in [0.29, 0.717) is 0 Å². The molecule has 0 bridgehead atoms. The summed E-state index contributed by atoms with van der Waals surface area (Å²) in [5.41, 5.74) is 22.2. The van der Waals surface area contributed by atoms with E-state index in [0.717, 1.165) is 38.5 Å². The molecule has 4 nitrogen and oxygen atoms in total. The van der Waals surface area contributed by atoms with Gasteiger partial charge < -0.3 is 19.4 Å². The molecule has 91 heavy (non-hydrogen) atoms. The monoisotopic (exact) mass is 1320 g/mol. The first-order chi connectivity index (χ1) is 44.8. The number of nitrogens with one attached hydrogen (secondary N) is 1. The molecule has 2 aromatic heterocycles. The molecule has 0 saturated carbocycles. The quantitative estimate of drug-likeness (QED) is 0.131. The van der Waals surface area contributed by atoms with Crippen LogP contribution in [0.15, 0.2) is 352 Å². The number of aromatic nitrogens is 2. The Kier molecular flexibility index (Phi) is 17.1. The Morgan fingerprint density at radius 3 is 0.923 bits per heavy atom. The number of para-hydroxylation sites is 4. The summed E-state index contributed by atoms with van der Waals surface area (Å²) in [4.78, 5) is 2.27. The highest BCUT2D eigenvalue weighted by atomic mass is 127. The van der Waals surface area contributed by atoms with E-state index in [2.05, 4.69) is 345 Å². The van der Waals surface area contributed by atoms with E-state index >= 15 is 0 Å². The summed E-state index contributed by atoms with van der Waals surface area (Å²) in [6.07, 6.45) is 0. The van der Waals surface area contributed by atoms with Gasteiger partial charge in [-0.2, -0.15) is 0 Å². The summed E-state index contributed by atoms with van der Waals surface area (Å²) < 4.78 is 5.92. The predicted octanol–water partition coefficient (Wildman–Crippen LogP) is 25.0. The molecule has 7 heteroatoms. The van der Waals surface area contributed by atoms with Gasteiger partial charge >= 0.3 is 0 Å². The SMILES string of the molecule is Clc1ccc(I)cc1.Clc1ccc(N(c2ccc(-c3ccccc3)cc2)c2ccc(-c3ccc4c(c3)c3ccccc3n4-c3ccccc3)cc2)cc1.c1ccc(-c2ccc(Nc3ccc(-c4ccc5c(c4)c4ccccc4n5-c4ccccc4)cc3)cc2)cc1. The van der Waals surface area contributed by atoms with E-state index in [-0.39, 0.29) is 0 Å². The summed E-state index contributed by atoms with van der Waals surface area (Å²) in [6.45, 7) is 0. The van der Waals surface area contributed by atoms with Crippen LogP contribution >= 0.6 is 45.8 Å². The summed E-state index contributed by atoms with van der Waals surface area (Å²) in [6, 6.07) is 124. The molecule has 0 spiro atoms. The lowest BCUT2D eigenvalue weighted by Gasteiger charge is -2.26. The highest BCUT2D eigenvalue weighted by molar-refractivity contribution is 14.1. The van der Waals surface area contributed by atoms with Gasteiger partial charge in [0.1, 0.15) is 0 Å². The van der Waals surface area contributed by atoms with E-state index in [1.54, 1.807) is 0 Å². The maximum atomic E-state index is 6.28. The fourth-order valence-corrected chi connectivity index (χ4v) is 12.6. The molecular weight excluding hydrogens is 1260 g/mol. The third kappa shape index (κ3) is 12.8. The number of benzene rings is 14. The fraction of sp³-hybridized carbons (Fsp3) is 0. The largest absolute Gasteiger partial charge is 0.356 e. The number of hydrogen-bond acceptors (Lipinski definition) is 2. The zero-order valence-electron chi connectivity index (χ0n) is 49.5. The van der Waals surface area contributed by atoms with Crippen LogP contribution in [0.25, 0.3) is 99.5 Å². The maximum Gasteiger partial charge on any atom is 0.0541 e. The number of nitrogens with zero attached hydrogens (tertiary/aromatic N) is 3. The first kappa shape index (κ1) is 58.3. The van der Waals surface area contributed by atoms with Crippen LogP contribution in [-0.2, 0) is 0 Å². The van der Waals surface area contributed by atoms with Gasteiger partial charge in [0.25, 0.3) is 0 Å². The number of hydrogen-bond donors (Lipinski definition) is 1. The van der Waals surface area contributed by atoms with Gasteiger partial charge in [-0.15, -0.1) is 0 Å². The highest BCUT2D eigenvalue weighted by Gasteiger charge is 2.17. The molecule has 0 aliphatic rings. The summed E-state index contributed by atoms with van der Waals surface area (Å²) >= 11 is 14.1. The first-order valence-corrected chi connectivity index (χ1v) is 32.1. The van der Waals surface area contributed by atoms with Crippen LogP contribution in [-0.4, -0.2) is 9.13 Å². The van der Waals surface area contributed by atoms with E-state index in [4.69, 9.17) is 23.2 Å². The predicted molar refractivity (Wildman–Crippen MR) is 397 cm³/mol. The second-order valence-corrected chi connectivity index (χ2v) is 24.3. The van der Waals surface area contributed by atoms with Crippen LogP contribution in [0.4, 0.5) is 28.4 Å². The molecule has 0 amide bonds. The first-order valence-electron chi connectivity index (χ1n) is 30.3. The van der Waals surface area contributed by atoms with Crippen molar-refractivity contribution < 1.29 is 0 Å². The lowest BCUT2D eigenvalue weighted by atomic mass is 10.0. The van der Waals surface area contributed by atoms with Crippen molar-refractivity contribution >= 4 is 118 Å².